The molecule has 0 aliphatic carbocycles. The Balaban J connectivity index is 0.00000261. The molecule has 3 aromatic rings. The average Bonchev–Trinajstić information content (AvgIpc) is 2.66. The normalized spacial score (nSPS) is 13.2. The SMILES string of the molecule is CC(C)C(N)C(O)COc1ccc2oc(-c3ccccc3)cc(=O)c2c1.Cl. The molecule has 0 aliphatic rings. The van der Waals surface area contributed by atoms with E-state index < -0.39 is 6.10 Å². The van der Waals surface area contributed by atoms with Gasteiger partial charge in [0.2, 0.25) is 0 Å². The van der Waals surface area contributed by atoms with Gasteiger partial charge in [-0.1, -0.05) is 44.2 Å². The summed E-state index contributed by atoms with van der Waals surface area (Å²) in [4.78, 5) is 12.5. The van der Waals surface area contributed by atoms with Crippen LogP contribution in [0.1, 0.15) is 13.8 Å². The molecule has 0 fully saturated rings. The van der Waals surface area contributed by atoms with Crippen LogP contribution in [0, 0.1) is 5.92 Å². The summed E-state index contributed by atoms with van der Waals surface area (Å²) < 4.78 is 11.5. The molecule has 0 bridgehead atoms. The Hall–Kier alpha value is -2.34. The first kappa shape index (κ1) is 21.0. The van der Waals surface area contributed by atoms with Gasteiger partial charge in [0, 0.05) is 17.7 Å². The van der Waals surface area contributed by atoms with Crippen molar-refractivity contribution in [1.29, 1.82) is 0 Å². The lowest BCUT2D eigenvalue weighted by Gasteiger charge is -2.22. The molecule has 0 radical (unpaired) electrons. The molecular formula is C21H24ClNO4. The fourth-order valence-corrected chi connectivity index (χ4v) is 2.71. The second kappa shape index (κ2) is 9.04. The molecule has 0 saturated carbocycles. The fourth-order valence-electron chi connectivity index (χ4n) is 2.71. The molecular weight excluding hydrogens is 366 g/mol. The van der Waals surface area contributed by atoms with Gasteiger partial charge in [-0.3, -0.25) is 4.79 Å². The molecule has 0 saturated heterocycles. The summed E-state index contributed by atoms with van der Waals surface area (Å²) in [6.45, 7) is 3.96. The Labute approximate surface area is 164 Å². The highest BCUT2D eigenvalue weighted by atomic mass is 35.5. The van der Waals surface area contributed by atoms with E-state index in [1.807, 2.05) is 44.2 Å². The molecule has 6 heteroatoms. The van der Waals surface area contributed by atoms with Crippen molar-refractivity contribution in [2.75, 3.05) is 6.61 Å². The van der Waals surface area contributed by atoms with Gasteiger partial charge in [0.05, 0.1) is 5.39 Å². The molecule has 144 valence electrons. The second-order valence-corrected chi connectivity index (χ2v) is 6.70. The monoisotopic (exact) mass is 389 g/mol. The van der Waals surface area contributed by atoms with E-state index in [0.717, 1.165) is 5.56 Å². The van der Waals surface area contributed by atoms with Gasteiger partial charge in [-0.05, 0) is 24.1 Å². The van der Waals surface area contributed by atoms with Gasteiger partial charge in [0.15, 0.2) is 5.43 Å². The smallest absolute Gasteiger partial charge is 0.193 e. The second-order valence-electron chi connectivity index (χ2n) is 6.70. The van der Waals surface area contributed by atoms with E-state index in [1.165, 1.54) is 6.07 Å². The van der Waals surface area contributed by atoms with Gasteiger partial charge >= 0.3 is 0 Å². The number of rotatable bonds is 6. The summed E-state index contributed by atoms with van der Waals surface area (Å²) in [7, 11) is 0. The van der Waals surface area contributed by atoms with Crippen molar-refractivity contribution in [2.24, 2.45) is 11.7 Å². The van der Waals surface area contributed by atoms with Crippen LogP contribution in [0.2, 0.25) is 0 Å². The molecule has 3 N–H and O–H groups in total. The van der Waals surface area contributed by atoms with Crippen molar-refractivity contribution >= 4 is 23.4 Å². The summed E-state index contributed by atoms with van der Waals surface area (Å²) >= 11 is 0. The van der Waals surface area contributed by atoms with Crippen LogP contribution in [0.3, 0.4) is 0 Å². The quantitative estimate of drug-likeness (QED) is 0.672. The van der Waals surface area contributed by atoms with E-state index in [0.29, 0.717) is 22.5 Å². The van der Waals surface area contributed by atoms with Gasteiger partial charge in [-0.2, -0.15) is 0 Å². The number of halogens is 1. The van der Waals surface area contributed by atoms with Crippen molar-refractivity contribution in [3.05, 3.63) is 64.8 Å². The average molecular weight is 390 g/mol. The van der Waals surface area contributed by atoms with Gasteiger partial charge < -0.3 is 20.0 Å². The lowest BCUT2D eigenvalue weighted by atomic mass is 10.0. The first-order valence-corrected chi connectivity index (χ1v) is 8.65. The highest BCUT2D eigenvalue weighted by molar-refractivity contribution is 5.85. The lowest BCUT2D eigenvalue weighted by Crippen LogP contribution is -2.42. The zero-order valence-corrected chi connectivity index (χ0v) is 16.1. The summed E-state index contributed by atoms with van der Waals surface area (Å²) in [6.07, 6.45) is -0.775. The largest absolute Gasteiger partial charge is 0.491 e. The zero-order chi connectivity index (χ0) is 18.7. The Morgan fingerprint density at radius 1 is 1.11 bits per heavy atom. The molecule has 3 rings (SSSR count). The van der Waals surface area contributed by atoms with Crippen LogP contribution in [-0.2, 0) is 0 Å². The number of nitrogens with two attached hydrogens (primary N) is 1. The minimum Gasteiger partial charge on any atom is -0.491 e. The van der Waals surface area contributed by atoms with E-state index in [2.05, 4.69) is 0 Å². The van der Waals surface area contributed by atoms with Gasteiger partial charge in [-0.25, -0.2) is 0 Å². The van der Waals surface area contributed by atoms with Crippen molar-refractivity contribution in [2.45, 2.75) is 26.0 Å². The zero-order valence-electron chi connectivity index (χ0n) is 15.3. The van der Waals surface area contributed by atoms with Crippen molar-refractivity contribution in [3.8, 4) is 17.1 Å². The predicted octanol–water partition coefficient (Wildman–Crippen LogP) is 3.60. The lowest BCUT2D eigenvalue weighted by molar-refractivity contribution is 0.0716. The molecule has 2 aromatic carbocycles. The number of benzene rings is 2. The van der Waals surface area contributed by atoms with E-state index in [1.54, 1.807) is 18.2 Å². The Morgan fingerprint density at radius 2 is 1.81 bits per heavy atom. The summed E-state index contributed by atoms with van der Waals surface area (Å²) in [5.41, 5.74) is 7.11. The third kappa shape index (κ3) is 4.89. The first-order chi connectivity index (χ1) is 12.5. The van der Waals surface area contributed by atoms with E-state index in [4.69, 9.17) is 14.9 Å². The molecule has 5 nitrogen and oxygen atoms in total. The van der Waals surface area contributed by atoms with Gasteiger partial charge in [-0.15, -0.1) is 12.4 Å². The van der Waals surface area contributed by atoms with Crippen LogP contribution in [-0.4, -0.2) is 23.9 Å². The Morgan fingerprint density at radius 3 is 2.48 bits per heavy atom. The third-order valence-corrected chi connectivity index (χ3v) is 4.39. The molecule has 2 atom stereocenters. The van der Waals surface area contributed by atoms with Crippen LogP contribution in [0.4, 0.5) is 0 Å². The van der Waals surface area contributed by atoms with E-state index in [-0.39, 0.29) is 36.4 Å². The summed E-state index contributed by atoms with van der Waals surface area (Å²) in [5.74, 6) is 1.16. The third-order valence-electron chi connectivity index (χ3n) is 4.39. The highest BCUT2D eigenvalue weighted by Crippen LogP contribution is 2.24. The van der Waals surface area contributed by atoms with Crippen LogP contribution >= 0.6 is 12.4 Å². The van der Waals surface area contributed by atoms with E-state index in [9.17, 15) is 9.90 Å². The summed E-state index contributed by atoms with van der Waals surface area (Å²) in [6, 6.07) is 15.6. The van der Waals surface area contributed by atoms with Crippen molar-refractivity contribution in [1.82, 2.24) is 0 Å². The standard InChI is InChI=1S/C21H23NO4.ClH/c1-13(2)21(22)18(24)12-25-15-8-9-19-16(10-15)17(23)11-20(26-19)14-6-4-3-5-7-14;/h3-11,13,18,21,24H,12,22H2,1-2H3;1H. The maximum atomic E-state index is 12.5. The number of aliphatic hydroxyl groups excluding tert-OH is 1. The predicted molar refractivity (Wildman–Crippen MR) is 109 cm³/mol. The van der Waals surface area contributed by atoms with Crippen molar-refractivity contribution < 1.29 is 14.3 Å². The fraction of sp³-hybridized carbons (Fsp3) is 0.286. The Kier molecular flexibility index (Phi) is 7.02. The topological polar surface area (TPSA) is 85.7 Å². The first-order valence-electron chi connectivity index (χ1n) is 8.65. The minimum atomic E-state index is -0.775. The minimum absolute atomic E-state index is 0. The van der Waals surface area contributed by atoms with Gasteiger partial charge in [0.1, 0.15) is 29.8 Å². The summed E-state index contributed by atoms with van der Waals surface area (Å²) in [5, 5.41) is 10.5. The Bertz CT molecular complexity index is 940. The highest BCUT2D eigenvalue weighted by Gasteiger charge is 2.19. The van der Waals surface area contributed by atoms with Crippen LogP contribution < -0.4 is 15.9 Å². The molecule has 1 aromatic heterocycles. The maximum Gasteiger partial charge on any atom is 0.193 e. The molecule has 27 heavy (non-hydrogen) atoms. The van der Waals surface area contributed by atoms with Crippen LogP contribution in [0.5, 0.6) is 5.75 Å². The maximum absolute atomic E-state index is 12.5. The van der Waals surface area contributed by atoms with Gasteiger partial charge in [0.25, 0.3) is 0 Å². The van der Waals surface area contributed by atoms with Crippen LogP contribution in [0.15, 0.2) is 63.8 Å². The molecule has 2 unspecified atom stereocenters. The molecule has 0 spiro atoms. The number of hydrogen-bond acceptors (Lipinski definition) is 5. The number of ether oxygens (including phenoxy) is 1. The number of aliphatic hydroxyl groups is 1. The molecule has 0 aliphatic heterocycles. The van der Waals surface area contributed by atoms with Crippen molar-refractivity contribution in [3.63, 3.8) is 0 Å². The van der Waals surface area contributed by atoms with Crippen LogP contribution in [0.25, 0.3) is 22.3 Å². The van der Waals surface area contributed by atoms with E-state index >= 15 is 0 Å². The molecule has 0 amide bonds. The number of hydrogen-bond donors (Lipinski definition) is 2. The molecule has 1 heterocycles. The number of fused-ring (bicyclic) bond motifs is 1.